The summed E-state index contributed by atoms with van der Waals surface area (Å²) >= 11 is 0. The monoisotopic (exact) mass is 293 g/mol. The van der Waals surface area contributed by atoms with Crippen LogP contribution < -0.4 is 9.17 Å². The molecule has 10 heteroatoms. The molecule has 0 radical (unpaired) electrons. The minimum absolute atomic E-state index is 0.161. The molecule has 0 atom stereocenters. The molecule has 0 aliphatic heterocycles. The Kier molecular flexibility index (Phi) is 4.06. The molecule has 1 aromatic rings. The number of hydrogen-bond donors (Lipinski definition) is 2. The van der Waals surface area contributed by atoms with E-state index in [1.807, 2.05) is 0 Å². The van der Waals surface area contributed by atoms with Crippen LogP contribution >= 0.6 is 0 Å². The van der Waals surface area contributed by atoms with Crippen LogP contribution in [-0.4, -0.2) is 46.5 Å². The summed E-state index contributed by atoms with van der Waals surface area (Å²) in [4.78, 5) is 0. The molecule has 0 bridgehead atoms. The smallest absolute Gasteiger partial charge is 0.423 e. The minimum Gasteiger partial charge on any atom is -0.423 e. The van der Waals surface area contributed by atoms with Crippen molar-refractivity contribution >= 4 is 38.3 Å². The second kappa shape index (κ2) is 4.88. The Morgan fingerprint density at radius 3 is 1.83 bits per heavy atom. The summed E-state index contributed by atoms with van der Waals surface area (Å²) in [6.07, 6.45) is 1.43. The van der Waals surface area contributed by atoms with Gasteiger partial charge in [0.25, 0.3) is 0 Å². The van der Waals surface area contributed by atoms with E-state index in [1.165, 1.54) is 24.3 Å². The van der Waals surface area contributed by atoms with Crippen molar-refractivity contribution in [1.29, 1.82) is 0 Å². The van der Waals surface area contributed by atoms with Crippen LogP contribution in [0.25, 0.3) is 0 Å². The highest BCUT2D eigenvalue weighted by molar-refractivity contribution is 8.09. The first-order valence-electron chi connectivity index (χ1n) is 4.70. The molecule has 100 valence electrons. The molecule has 18 heavy (non-hydrogen) atoms. The largest absolute Gasteiger partial charge is 0.490 e. The molecule has 2 N–H and O–H groups in total. The first-order valence-corrected chi connectivity index (χ1v) is 8.40. The number of para-hydroxylation sites is 1. The van der Waals surface area contributed by atoms with Gasteiger partial charge in [0.2, 0.25) is 20.0 Å². The Labute approximate surface area is 106 Å². The van der Waals surface area contributed by atoms with Gasteiger partial charge in [-0.15, -0.1) is 0 Å². The molecule has 1 aromatic carbocycles. The highest BCUT2D eigenvalue weighted by Gasteiger charge is 2.31. The first-order chi connectivity index (χ1) is 8.05. The number of rotatable bonds is 4. The molecule has 0 aromatic heterocycles. The average molecular weight is 293 g/mol. The molecule has 1 rings (SSSR count). The Balaban J connectivity index is 3.61. The van der Waals surface area contributed by atoms with Gasteiger partial charge in [0.05, 0.1) is 18.2 Å². The van der Waals surface area contributed by atoms with Gasteiger partial charge in [0.15, 0.2) is 0 Å². The van der Waals surface area contributed by atoms with Crippen molar-refractivity contribution in [2.24, 2.45) is 0 Å². The van der Waals surface area contributed by atoms with E-state index in [9.17, 15) is 16.8 Å². The molecule has 0 unspecified atom stereocenters. The topological polar surface area (TPSA) is 112 Å². The maximum atomic E-state index is 11.5. The molecule has 0 amide bonds. The zero-order valence-electron chi connectivity index (χ0n) is 9.68. The van der Waals surface area contributed by atoms with Crippen molar-refractivity contribution in [3.05, 3.63) is 24.3 Å². The molecule has 0 heterocycles. The summed E-state index contributed by atoms with van der Waals surface area (Å²) < 4.78 is 46.3. The van der Waals surface area contributed by atoms with Crippen LogP contribution in [0, 0.1) is 0 Å². The van der Waals surface area contributed by atoms with Crippen molar-refractivity contribution in [1.82, 2.24) is 0 Å². The van der Waals surface area contributed by atoms with Gasteiger partial charge in [-0.25, -0.2) is 16.8 Å². The van der Waals surface area contributed by atoms with E-state index in [-0.39, 0.29) is 14.9 Å². The standard InChI is InChI=1S/C8H12BNO6S2/c1-17(13,14)10(18(2,15)16)8-6-4-3-5-7(8)9(11)12/h3-6,11-12H,1-2H3. The fourth-order valence-corrected chi connectivity index (χ4v) is 4.49. The van der Waals surface area contributed by atoms with E-state index < -0.39 is 27.2 Å². The molecule has 0 spiro atoms. The molecular formula is C8H12BNO6S2. The van der Waals surface area contributed by atoms with Gasteiger partial charge >= 0.3 is 7.12 Å². The highest BCUT2D eigenvalue weighted by atomic mass is 32.3. The van der Waals surface area contributed by atoms with Crippen molar-refractivity contribution in [3.8, 4) is 0 Å². The number of hydrogen-bond acceptors (Lipinski definition) is 6. The van der Waals surface area contributed by atoms with Crippen LogP contribution in [0.2, 0.25) is 0 Å². The third-order valence-corrected chi connectivity index (χ3v) is 5.24. The maximum absolute atomic E-state index is 11.5. The quantitative estimate of drug-likeness (QED) is 0.627. The van der Waals surface area contributed by atoms with Crippen LogP contribution in [-0.2, 0) is 20.0 Å². The van der Waals surface area contributed by atoms with E-state index >= 15 is 0 Å². The van der Waals surface area contributed by atoms with Crippen LogP contribution in [0.15, 0.2) is 24.3 Å². The summed E-state index contributed by atoms with van der Waals surface area (Å²) in [7, 11) is -10.2. The summed E-state index contributed by atoms with van der Waals surface area (Å²) in [5.41, 5.74) is -0.522. The lowest BCUT2D eigenvalue weighted by Gasteiger charge is -2.22. The van der Waals surface area contributed by atoms with Crippen molar-refractivity contribution in [2.75, 3.05) is 16.2 Å². The van der Waals surface area contributed by atoms with Gasteiger partial charge < -0.3 is 10.0 Å². The zero-order valence-corrected chi connectivity index (χ0v) is 11.3. The summed E-state index contributed by atoms with van der Waals surface area (Å²) in [6.45, 7) is 0. The third kappa shape index (κ3) is 3.22. The van der Waals surface area contributed by atoms with E-state index in [0.717, 1.165) is 0 Å². The summed E-state index contributed by atoms with van der Waals surface area (Å²) in [5, 5.41) is 18.2. The Bertz CT molecular complexity index is 607. The Morgan fingerprint density at radius 1 is 1.00 bits per heavy atom. The fourth-order valence-electron chi connectivity index (χ4n) is 1.48. The van der Waals surface area contributed by atoms with Gasteiger partial charge in [0, 0.05) is 5.46 Å². The molecule has 0 aliphatic rings. The van der Waals surface area contributed by atoms with Gasteiger partial charge in [-0.05, 0) is 6.07 Å². The van der Waals surface area contributed by atoms with Gasteiger partial charge in [-0.3, -0.25) is 0 Å². The Morgan fingerprint density at radius 2 is 1.44 bits per heavy atom. The number of anilines is 1. The van der Waals surface area contributed by atoms with Crippen LogP contribution in [0.3, 0.4) is 0 Å². The lowest BCUT2D eigenvalue weighted by molar-refractivity contribution is 0.426. The second-order valence-electron chi connectivity index (χ2n) is 3.66. The van der Waals surface area contributed by atoms with E-state index in [1.54, 1.807) is 0 Å². The van der Waals surface area contributed by atoms with Gasteiger partial charge in [-0.1, -0.05) is 18.2 Å². The molecule has 0 fully saturated rings. The van der Waals surface area contributed by atoms with Crippen LogP contribution in [0.4, 0.5) is 5.69 Å². The van der Waals surface area contributed by atoms with Crippen molar-refractivity contribution in [2.45, 2.75) is 0 Å². The maximum Gasteiger partial charge on any atom is 0.490 e. The SMILES string of the molecule is CS(=O)(=O)N(c1ccccc1B(O)O)S(C)(=O)=O. The average Bonchev–Trinajstić information content (AvgIpc) is 2.13. The van der Waals surface area contributed by atoms with Crippen LogP contribution in [0.1, 0.15) is 0 Å². The lowest BCUT2D eigenvalue weighted by Crippen LogP contribution is -2.42. The van der Waals surface area contributed by atoms with Gasteiger partial charge in [0.1, 0.15) is 0 Å². The molecule has 0 saturated carbocycles. The van der Waals surface area contributed by atoms with Crippen molar-refractivity contribution < 1.29 is 26.9 Å². The number of benzene rings is 1. The van der Waals surface area contributed by atoms with Crippen molar-refractivity contribution in [3.63, 3.8) is 0 Å². The van der Waals surface area contributed by atoms with E-state index in [0.29, 0.717) is 12.5 Å². The molecule has 0 saturated heterocycles. The normalized spacial score (nSPS) is 12.2. The summed E-state index contributed by atoms with van der Waals surface area (Å²) in [6, 6.07) is 5.23. The van der Waals surface area contributed by atoms with Crippen LogP contribution in [0.5, 0.6) is 0 Å². The predicted molar refractivity (Wildman–Crippen MR) is 68.4 cm³/mol. The second-order valence-corrected chi connectivity index (χ2v) is 7.55. The summed E-state index contributed by atoms with van der Waals surface area (Å²) in [5.74, 6) is 0. The lowest BCUT2D eigenvalue weighted by atomic mass is 9.79. The highest BCUT2D eigenvalue weighted by Crippen LogP contribution is 2.18. The first kappa shape index (κ1) is 15.0. The fraction of sp³-hybridized carbons (Fsp3) is 0.250. The predicted octanol–water partition coefficient (Wildman–Crippen LogP) is -1.91. The zero-order chi connectivity index (χ0) is 14.1. The molecular weight excluding hydrogens is 281 g/mol. The third-order valence-electron chi connectivity index (χ3n) is 2.01. The van der Waals surface area contributed by atoms with E-state index in [4.69, 9.17) is 10.0 Å². The number of nitrogens with zero attached hydrogens (tertiary/aromatic N) is 1. The number of sulfonamides is 2. The molecule has 7 nitrogen and oxygen atoms in total. The minimum atomic E-state index is -4.11. The molecule has 0 aliphatic carbocycles. The Hall–Kier alpha value is -1.10. The van der Waals surface area contributed by atoms with Gasteiger partial charge in [-0.2, -0.15) is 3.71 Å². The van der Waals surface area contributed by atoms with E-state index in [2.05, 4.69) is 0 Å².